The Hall–Kier alpha value is -2.57. The maximum atomic E-state index is 12.7. The van der Waals surface area contributed by atoms with Crippen molar-refractivity contribution in [2.24, 2.45) is 5.92 Å². The summed E-state index contributed by atoms with van der Waals surface area (Å²) in [4.78, 5) is 37.2. The van der Waals surface area contributed by atoms with Crippen molar-refractivity contribution < 1.29 is 19.1 Å². The lowest BCUT2D eigenvalue weighted by Crippen LogP contribution is -2.51. The zero-order valence-electron chi connectivity index (χ0n) is 14.5. The Bertz CT molecular complexity index is 695. The second-order valence-electron chi connectivity index (χ2n) is 6.86. The van der Waals surface area contributed by atoms with E-state index in [0.717, 1.165) is 17.9 Å². The van der Waals surface area contributed by atoms with Gasteiger partial charge < -0.3 is 10.1 Å². The summed E-state index contributed by atoms with van der Waals surface area (Å²) >= 11 is 0. The van der Waals surface area contributed by atoms with E-state index in [9.17, 15) is 14.4 Å². The molecule has 25 heavy (non-hydrogen) atoms. The highest BCUT2D eigenvalue weighted by Gasteiger charge is 2.52. The van der Waals surface area contributed by atoms with Crippen LogP contribution < -0.4 is 15.5 Å². The summed E-state index contributed by atoms with van der Waals surface area (Å²) in [6.07, 6.45) is 3.00. The van der Waals surface area contributed by atoms with Gasteiger partial charge in [-0.15, -0.1) is 0 Å². The molecule has 0 atom stereocenters. The number of hydrazine groups is 1. The summed E-state index contributed by atoms with van der Waals surface area (Å²) in [6.45, 7) is 2.14. The molecule has 1 heterocycles. The zero-order chi connectivity index (χ0) is 18.0. The van der Waals surface area contributed by atoms with Crippen LogP contribution in [0.25, 0.3) is 0 Å². The first-order chi connectivity index (χ1) is 11.9. The van der Waals surface area contributed by atoms with Crippen molar-refractivity contribution >= 4 is 17.8 Å². The second-order valence-corrected chi connectivity index (χ2v) is 6.86. The van der Waals surface area contributed by atoms with Crippen molar-refractivity contribution in [2.75, 3.05) is 7.11 Å². The molecule has 1 saturated heterocycles. The Morgan fingerprint density at radius 1 is 1.32 bits per heavy atom. The van der Waals surface area contributed by atoms with E-state index in [2.05, 4.69) is 17.7 Å². The van der Waals surface area contributed by atoms with Gasteiger partial charge in [0.2, 0.25) is 5.91 Å². The van der Waals surface area contributed by atoms with Crippen LogP contribution in [0.4, 0.5) is 4.79 Å². The average molecular weight is 345 g/mol. The molecule has 3 rings (SSSR count). The van der Waals surface area contributed by atoms with Crippen LogP contribution in [0.5, 0.6) is 5.75 Å². The molecule has 1 aliphatic heterocycles. The Kier molecular flexibility index (Phi) is 4.65. The standard InChI is InChI=1S/C18H23N3O4/c1-12-7-9-18(10-8-12)16(23)21(17(24)19-18)20-15(22)11-13-5-3-4-6-14(13)25-2/h3-6,12H,7-11H2,1-2H3,(H,19,24)(H,20,22). The van der Waals surface area contributed by atoms with Crippen molar-refractivity contribution in [1.29, 1.82) is 0 Å². The number of hydrogen-bond donors (Lipinski definition) is 2. The first kappa shape index (κ1) is 17.3. The number of ether oxygens (including phenoxy) is 1. The Balaban J connectivity index is 1.67. The number of para-hydroxylation sites is 1. The minimum atomic E-state index is -0.860. The Morgan fingerprint density at radius 2 is 2.00 bits per heavy atom. The lowest BCUT2D eigenvalue weighted by molar-refractivity contribution is -0.139. The molecule has 2 fully saturated rings. The number of methoxy groups -OCH3 is 1. The van der Waals surface area contributed by atoms with E-state index in [4.69, 9.17) is 4.74 Å². The summed E-state index contributed by atoms with van der Waals surface area (Å²) in [6, 6.07) is 6.58. The molecule has 0 bridgehead atoms. The fourth-order valence-corrected chi connectivity index (χ4v) is 3.50. The zero-order valence-corrected chi connectivity index (χ0v) is 14.5. The molecule has 7 heteroatoms. The van der Waals surface area contributed by atoms with Gasteiger partial charge in [0.05, 0.1) is 13.5 Å². The second kappa shape index (κ2) is 6.74. The largest absolute Gasteiger partial charge is 0.496 e. The third-order valence-electron chi connectivity index (χ3n) is 5.07. The number of benzene rings is 1. The molecule has 0 radical (unpaired) electrons. The molecule has 0 aromatic heterocycles. The van der Waals surface area contributed by atoms with Gasteiger partial charge >= 0.3 is 6.03 Å². The number of nitrogens with zero attached hydrogens (tertiary/aromatic N) is 1. The van der Waals surface area contributed by atoms with Crippen molar-refractivity contribution in [1.82, 2.24) is 15.8 Å². The van der Waals surface area contributed by atoms with Gasteiger partial charge in [-0.05, 0) is 37.7 Å². The number of imide groups is 1. The summed E-state index contributed by atoms with van der Waals surface area (Å²) in [7, 11) is 1.53. The molecular weight excluding hydrogens is 322 g/mol. The van der Waals surface area contributed by atoms with Gasteiger partial charge in [-0.1, -0.05) is 25.1 Å². The molecule has 1 spiro atoms. The molecule has 1 aromatic rings. The Labute approximate surface area is 146 Å². The fourth-order valence-electron chi connectivity index (χ4n) is 3.50. The predicted octanol–water partition coefficient (Wildman–Crippen LogP) is 1.77. The van der Waals surface area contributed by atoms with Crippen LogP contribution >= 0.6 is 0 Å². The van der Waals surface area contributed by atoms with Gasteiger partial charge in [-0.3, -0.25) is 15.0 Å². The number of amides is 4. The highest BCUT2D eigenvalue weighted by molar-refractivity contribution is 6.08. The maximum absolute atomic E-state index is 12.7. The normalized spacial score (nSPS) is 25.8. The number of urea groups is 1. The summed E-state index contributed by atoms with van der Waals surface area (Å²) < 4.78 is 5.22. The molecule has 4 amide bonds. The molecule has 1 saturated carbocycles. The molecular formula is C18H23N3O4. The smallest absolute Gasteiger partial charge is 0.344 e. The van der Waals surface area contributed by atoms with Gasteiger partial charge in [0.1, 0.15) is 11.3 Å². The summed E-state index contributed by atoms with van der Waals surface area (Å²) in [5, 5.41) is 3.61. The van der Waals surface area contributed by atoms with Gasteiger partial charge in [0.25, 0.3) is 5.91 Å². The monoisotopic (exact) mass is 345 g/mol. The number of hydrogen-bond acceptors (Lipinski definition) is 4. The van der Waals surface area contributed by atoms with Gasteiger partial charge in [0, 0.05) is 5.56 Å². The molecule has 1 aromatic carbocycles. The lowest BCUT2D eigenvalue weighted by Gasteiger charge is -2.33. The average Bonchev–Trinajstić information content (AvgIpc) is 2.82. The quantitative estimate of drug-likeness (QED) is 0.814. The number of carbonyl (C=O) groups is 3. The van der Waals surface area contributed by atoms with Crippen LogP contribution in [0.15, 0.2) is 24.3 Å². The molecule has 1 aliphatic carbocycles. The van der Waals surface area contributed by atoms with Crippen LogP contribution in [0.1, 0.15) is 38.2 Å². The summed E-state index contributed by atoms with van der Waals surface area (Å²) in [5.74, 6) is 0.337. The number of rotatable bonds is 4. The van der Waals surface area contributed by atoms with E-state index in [1.807, 2.05) is 6.07 Å². The lowest BCUT2D eigenvalue weighted by atomic mass is 9.77. The molecule has 2 aliphatic rings. The van der Waals surface area contributed by atoms with Crippen LogP contribution in [-0.4, -0.2) is 35.5 Å². The Morgan fingerprint density at radius 3 is 2.68 bits per heavy atom. The highest BCUT2D eigenvalue weighted by Crippen LogP contribution is 2.35. The fraction of sp³-hybridized carbons (Fsp3) is 0.500. The minimum absolute atomic E-state index is 0.0190. The first-order valence-electron chi connectivity index (χ1n) is 8.53. The van der Waals surface area contributed by atoms with E-state index in [1.54, 1.807) is 18.2 Å². The molecule has 7 nitrogen and oxygen atoms in total. The van der Waals surface area contributed by atoms with Crippen LogP contribution in [-0.2, 0) is 16.0 Å². The van der Waals surface area contributed by atoms with E-state index >= 15 is 0 Å². The van der Waals surface area contributed by atoms with E-state index in [0.29, 0.717) is 30.1 Å². The van der Waals surface area contributed by atoms with Crippen molar-refractivity contribution in [3.8, 4) is 5.75 Å². The van der Waals surface area contributed by atoms with E-state index in [1.165, 1.54) is 7.11 Å². The minimum Gasteiger partial charge on any atom is -0.496 e. The third-order valence-corrected chi connectivity index (χ3v) is 5.07. The van der Waals surface area contributed by atoms with Crippen molar-refractivity contribution in [3.63, 3.8) is 0 Å². The SMILES string of the molecule is COc1ccccc1CC(=O)NN1C(=O)NC2(CCC(C)CC2)C1=O. The first-order valence-corrected chi connectivity index (χ1v) is 8.53. The molecule has 2 N–H and O–H groups in total. The molecule has 134 valence electrons. The van der Waals surface area contributed by atoms with Gasteiger partial charge in [0.15, 0.2) is 0 Å². The van der Waals surface area contributed by atoms with Crippen molar-refractivity contribution in [3.05, 3.63) is 29.8 Å². The topological polar surface area (TPSA) is 87.7 Å². The number of nitrogens with one attached hydrogen (secondary N) is 2. The summed E-state index contributed by atoms with van der Waals surface area (Å²) in [5.41, 5.74) is 2.27. The number of carbonyl (C=O) groups excluding carboxylic acids is 3. The highest BCUT2D eigenvalue weighted by atomic mass is 16.5. The van der Waals surface area contributed by atoms with Crippen molar-refractivity contribution in [2.45, 2.75) is 44.6 Å². The van der Waals surface area contributed by atoms with Gasteiger partial charge in [-0.25, -0.2) is 4.79 Å². The van der Waals surface area contributed by atoms with E-state index in [-0.39, 0.29) is 12.3 Å². The third kappa shape index (κ3) is 3.31. The van der Waals surface area contributed by atoms with Crippen LogP contribution in [0, 0.1) is 5.92 Å². The van der Waals surface area contributed by atoms with Crippen LogP contribution in [0.3, 0.4) is 0 Å². The van der Waals surface area contributed by atoms with E-state index < -0.39 is 17.5 Å². The van der Waals surface area contributed by atoms with Gasteiger partial charge in [-0.2, -0.15) is 5.01 Å². The predicted molar refractivity (Wildman–Crippen MR) is 90.6 cm³/mol. The molecule has 0 unspecified atom stereocenters. The van der Waals surface area contributed by atoms with Crippen LogP contribution in [0.2, 0.25) is 0 Å². The maximum Gasteiger partial charge on any atom is 0.344 e.